The van der Waals surface area contributed by atoms with Crippen molar-refractivity contribution in [2.75, 3.05) is 25.6 Å². The number of ether oxygens (including phenoxy) is 1. The molecule has 0 aliphatic heterocycles. The second-order valence-corrected chi connectivity index (χ2v) is 4.94. The number of Topliss-reactive ketones (excluding diaryl/α,β-unsaturated/α-hetero) is 1. The fourth-order valence-corrected chi connectivity index (χ4v) is 1.71. The third-order valence-corrected chi connectivity index (χ3v) is 3.02. The van der Waals surface area contributed by atoms with Crippen molar-refractivity contribution < 1.29 is 14.3 Å². The van der Waals surface area contributed by atoms with Gasteiger partial charge in [-0.1, -0.05) is 13.3 Å². The van der Waals surface area contributed by atoms with E-state index in [1.54, 1.807) is 12.1 Å². The number of hydrogen-bond acceptors (Lipinski definition) is 4. The van der Waals surface area contributed by atoms with E-state index >= 15 is 0 Å². The number of carbonyl (C=O) groups excluding carboxylic acids is 2. The van der Waals surface area contributed by atoms with Crippen LogP contribution in [0.3, 0.4) is 0 Å². The van der Waals surface area contributed by atoms with Gasteiger partial charge in [0, 0.05) is 31.8 Å². The van der Waals surface area contributed by atoms with Crippen LogP contribution in [0.5, 0.6) is 0 Å². The van der Waals surface area contributed by atoms with Crippen molar-refractivity contribution in [1.29, 1.82) is 0 Å². The van der Waals surface area contributed by atoms with Crippen LogP contribution in [0.4, 0.5) is 5.69 Å². The lowest BCUT2D eigenvalue weighted by Gasteiger charge is -2.12. The van der Waals surface area contributed by atoms with Crippen LogP contribution in [0.25, 0.3) is 0 Å². The predicted octanol–water partition coefficient (Wildman–Crippen LogP) is 3.06. The average molecular weight is 277 g/mol. The Balaban J connectivity index is 2.40. The number of anilines is 1. The molecule has 0 aliphatic carbocycles. The van der Waals surface area contributed by atoms with Crippen LogP contribution < -0.4 is 4.90 Å². The van der Waals surface area contributed by atoms with Crippen molar-refractivity contribution in [2.24, 2.45) is 0 Å². The molecule has 0 aromatic heterocycles. The number of hydrogen-bond donors (Lipinski definition) is 0. The van der Waals surface area contributed by atoms with Gasteiger partial charge in [-0.3, -0.25) is 9.59 Å². The van der Waals surface area contributed by atoms with Gasteiger partial charge in [0.05, 0.1) is 13.0 Å². The normalized spacial score (nSPS) is 10.2. The van der Waals surface area contributed by atoms with E-state index in [4.69, 9.17) is 4.74 Å². The first-order valence-corrected chi connectivity index (χ1v) is 7.00. The molecule has 1 aromatic carbocycles. The molecular weight excluding hydrogens is 254 g/mol. The zero-order valence-corrected chi connectivity index (χ0v) is 12.5. The number of nitrogens with zero attached hydrogens (tertiary/aromatic N) is 1. The summed E-state index contributed by atoms with van der Waals surface area (Å²) in [6.45, 7) is 2.48. The molecule has 0 unspecified atom stereocenters. The maximum atomic E-state index is 11.9. The molecule has 0 bridgehead atoms. The maximum Gasteiger partial charge on any atom is 0.306 e. The van der Waals surface area contributed by atoms with Crippen LogP contribution in [0.15, 0.2) is 24.3 Å². The molecule has 0 saturated heterocycles. The van der Waals surface area contributed by atoms with Crippen molar-refractivity contribution in [3.63, 3.8) is 0 Å². The van der Waals surface area contributed by atoms with E-state index in [1.165, 1.54) is 0 Å². The highest BCUT2D eigenvalue weighted by Gasteiger charge is 2.10. The van der Waals surface area contributed by atoms with Gasteiger partial charge in [-0.15, -0.1) is 0 Å². The smallest absolute Gasteiger partial charge is 0.306 e. The van der Waals surface area contributed by atoms with E-state index in [0.717, 1.165) is 18.5 Å². The fraction of sp³-hybridized carbons (Fsp3) is 0.500. The molecular formula is C16H23NO3. The van der Waals surface area contributed by atoms with Gasteiger partial charge < -0.3 is 9.64 Å². The van der Waals surface area contributed by atoms with Crippen LogP contribution in [0.2, 0.25) is 0 Å². The second kappa shape index (κ2) is 8.35. The molecule has 1 rings (SSSR count). The molecule has 0 saturated carbocycles. The van der Waals surface area contributed by atoms with Gasteiger partial charge in [0.25, 0.3) is 0 Å². The van der Waals surface area contributed by atoms with Crippen molar-refractivity contribution in [1.82, 2.24) is 0 Å². The highest BCUT2D eigenvalue weighted by molar-refractivity contribution is 5.97. The topological polar surface area (TPSA) is 46.6 Å². The lowest BCUT2D eigenvalue weighted by atomic mass is 10.1. The molecule has 0 amide bonds. The minimum Gasteiger partial charge on any atom is -0.466 e. The predicted molar refractivity (Wildman–Crippen MR) is 80.2 cm³/mol. The van der Waals surface area contributed by atoms with Crippen LogP contribution in [0, 0.1) is 0 Å². The Labute approximate surface area is 120 Å². The molecule has 0 heterocycles. The zero-order valence-electron chi connectivity index (χ0n) is 12.5. The minimum absolute atomic E-state index is 0.0252. The lowest BCUT2D eigenvalue weighted by molar-refractivity contribution is -0.143. The van der Waals surface area contributed by atoms with E-state index in [2.05, 4.69) is 0 Å². The molecule has 0 radical (unpaired) electrons. The lowest BCUT2D eigenvalue weighted by Crippen LogP contribution is -2.10. The summed E-state index contributed by atoms with van der Waals surface area (Å²) in [5, 5.41) is 0. The van der Waals surface area contributed by atoms with E-state index in [0.29, 0.717) is 12.2 Å². The highest BCUT2D eigenvalue weighted by Crippen LogP contribution is 2.14. The first kappa shape index (κ1) is 16.2. The van der Waals surface area contributed by atoms with E-state index in [-0.39, 0.29) is 24.6 Å². The van der Waals surface area contributed by atoms with E-state index in [1.807, 2.05) is 38.1 Å². The van der Waals surface area contributed by atoms with Gasteiger partial charge in [0.1, 0.15) is 0 Å². The van der Waals surface area contributed by atoms with Gasteiger partial charge in [-0.2, -0.15) is 0 Å². The quantitative estimate of drug-likeness (QED) is 0.416. The molecule has 0 N–H and O–H groups in total. The van der Waals surface area contributed by atoms with Crippen LogP contribution >= 0.6 is 0 Å². The third kappa shape index (κ3) is 5.43. The van der Waals surface area contributed by atoms with E-state index in [9.17, 15) is 9.59 Å². The van der Waals surface area contributed by atoms with Crippen molar-refractivity contribution in [3.8, 4) is 0 Å². The Morgan fingerprint density at radius 1 is 1.10 bits per heavy atom. The number of esters is 1. The SMILES string of the molecule is CCCCOC(=O)CCC(=O)c1ccc(N(C)C)cc1. The van der Waals surface area contributed by atoms with Crippen molar-refractivity contribution >= 4 is 17.4 Å². The Morgan fingerprint density at radius 2 is 1.75 bits per heavy atom. The first-order chi connectivity index (χ1) is 9.54. The van der Waals surface area contributed by atoms with Crippen molar-refractivity contribution in [2.45, 2.75) is 32.6 Å². The molecule has 1 aromatic rings. The van der Waals surface area contributed by atoms with E-state index < -0.39 is 0 Å². The Hall–Kier alpha value is -1.84. The van der Waals surface area contributed by atoms with Gasteiger partial charge >= 0.3 is 5.97 Å². The Bertz CT molecular complexity index is 438. The summed E-state index contributed by atoms with van der Waals surface area (Å²) < 4.78 is 5.02. The standard InChI is InChI=1S/C16H23NO3/c1-4-5-12-20-16(19)11-10-15(18)13-6-8-14(9-7-13)17(2)3/h6-9H,4-5,10-12H2,1-3H3. The molecule has 4 heteroatoms. The van der Waals surface area contributed by atoms with Gasteiger partial charge in [-0.05, 0) is 30.7 Å². The largest absolute Gasteiger partial charge is 0.466 e. The Kier molecular flexibility index (Phi) is 6.77. The van der Waals surface area contributed by atoms with Crippen LogP contribution in [0.1, 0.15) is 43.0 Å². The number of benzene rings is 1. The molecule has 4 nitrogen and oxygen atoms in total. The van der Waals surface area contributed by atoms with Gasteiger partial charge in [0.2, 0.25) is 0 Å². The molecule has 110 valence electrons. The van der Waals surface area contributed by atoms with Gasteiger partial charge in [-0.25, -0.2) is 0 Å². The third-order valence-electron chi connectivity index (χ3n) is 3.02. The minimum atomic E-state index is -0.295. The molecule has 0 spiro atoms. The van der Waals surface area contributed by atoms with Gasteiger partial charge in [0.15, 0.2) is 5.78 Å². The maximum absolute atomic E-state index is 11.9. The van der Waals surface area contributed by atoms with Crippen LogP contribution in [-0.2, 0) is 9.53 Å². The summed E-state index contributed by atoms with van der Waals surface area (Å²) in [7, 11) is 3.90. The summed E-state index contributed by atoms with van der Waals surface area (Å²) in [6, 6.07) is 7.37. The molecule has 0 aliphatic rings. The number of ketones is 1. The monoisotopic (exact) mass is 277 g/mol. The summed E-state index contributed by atoms with van der Waals surface area (Å²) in [5.41, 5.74) is 1.68. The Morgan fingerprint density at radius 3 is 2.30 bits per heavy atom. The summed E-state index contributed by atoms with van der Waals surface area (Å²) in [4.78, 5) is 25.3. The van der Waals surface area contributed by atoms with Crippen LogP contribution in [-0.4, -0.2) is 32.5 Å². The summed E-state index contributed by atoms with van der Waals surface area (Å²) in [5.74, 6) is -0.320. The number of unbranched alkanes of at least 4 members (excludes halogenated alkanes) is 1. The molecule has 20 heavy (non-hydrogen) atoms. The average Bonchev–Trinajstić information content (AvgIpc) is 2.45. The summed E-state index contributed by atoms with van der Waals surface area (Å²) in [6.07, 6.45) is 2.21. The number of carbonyl (C=O) groups is 2. The first-order valence-electron chi connectivity index (χ1n) is 7.00. The molecule has 0 fully saturated rings. The summed E-state index contributed by atoms with van der Waals surface area (Å²) >= 11 is 0. The number of rotatable bonds is 8. The second-order valence-electron chi connectivity index (χ2n) is 4.94. The van der Waals surface area contributed by atoms with Crippen molar-refractivity contribution in [3.05, 3.63) is 29.8 Å². The highest BCUT2D eigenvalue weighted by atomic mass is 16.5. The zero-order chi connectivity index (χ0) is 15.0. The fourth-order valence-electron chi connectivity index (χ4n) is 1.71. The molecule has 0 atom stereocenters.